The van der Waals surface area contributed by atoms with Crippen molar-refractivity contribution >= 4 is 24.1 Å². The summed E-state index contributed by atoms with van der Waals surface area (Å²) in [6, 6.07) is 0. The fraction of sp³-hybridized carbons (Fsp3) is 0.381. The third kappa shape index (κ3) is 3.80. The van der Waals surface area contributed by atoms with Crippen molar-refractivity contribution in [2.45, 2.75) is 46.2 Å². The zero-order valence-corrected chi connectivity index (χ0v) is 16.9. The summed E-state index contributed by atoms with van der Waals surface area (Å²) in [5.41, 5.74) is 0.258. The third-order valence-electron chi connectivity index (χ3n) is 5.07. The Morgan fingerprint density at radius 1 is 1.25 bits per heavy atom. The van der Waals surface area contributed by atoms with E-state index in [2.05, 4.69) is 6.08 Å². The number of hydrogen-bond donors (Lipinski definition) is 1. The molecule has 0 aromatic carbocycles. The van der Waals surface area contributed by atoms with Crippen LogP contribution >= 0.6 is 12.2 Å². The van der Waals surface area contributed by atoms with Crippen LogP contribution in [0.4, 0.5) is 0 Å². The lowest BCUT2D eigenvalue weighted by Gasteiger charge is -2.22. The molecule has 7 heteroatoms. The van der Waals surface area contributed by atoms with Gasteiger partial charge in [0.2, 0.25) is 5.88 Å². The first-order valence-electron chi connectivity index (χ1n) is 9.52. The number of carbonyl (C=O) groups excluding carboxylic acids is 1. The summed E-state index contributed by atoms with van der Waals surface area (Å²) in [6.07, 6.45) is 12.7. The Labute approximate surface area is 168 Å². The Bertz CT molecular complexity index is 1020. The summed E-state index contributed by atoms with van der Waals surface area (Å²) >= 11 is 5.34. The third-order valence-corrected chi connectivity index (χ3v) is 5.51. The van der Waals surface area contributed by atoms with Gasteiger partial charge in [-0.2, -0.15) is 0 Å². The van der Waals surface area contributed by atoms with Crippen molar-refractivity contribution in [1.29, 1.82) is 0 Å². The molecule has 1 aromatic rings. The maximum absolute atomic E-state index is 13.0. The van der Waals surface area contributed by atoms with E-state index < -0.39 is 0 Å². The van der Waals surface area contributed by atoms with Crippen molar-refractivity contribution in [2.75, 3.05) is 0 Å². The van der Waals surface area contributed by atoms with E-state index in [0.717, 1.165) is 12.8 Å². The molecule has 1 aliphatic carbocycles. The fourth-order valence-corrected chi connectivity index (χ4v) is 3.71. The second-order valence-corrected chi connectivity index (χ2v) is 7.14. The number of aromatic hydroxyl groups is 1. The van der Waals surface area contributed by atoms with Gasteiger partial charge in [0, 0.05) is 19.2 Å². The summed E-state index contributed by atoms with van der Waals surface area (Å²) < 4.78 is 8.97. The molecule has 0 spiro atoms. The fourth-order valence-electron chi connectivity index (χ4n) is 3.29. The SMILES string of the molecule is CCn1c(O)c(C2=CC(=CC=O)OC(/C=C/C3CCC3)=C2)c(=O)n(CC)c1=S. The van der Waals surface area contributed by atoms with E-state index in [1.54, 1.807) is 12.2 Å². The van der Waals surface area contributed by atoms with Gasteiger partial charge in [-0.05, 0) is 68.6 Å². The largest absolute Gasteiger partial charge is 0.494 e. The molecule has 2 heterocycles. The number of aldehydes is 1. The molecule has 28 heavy (non-hydrogen) atoms. The van der Waals surface area contributed by atoms with E-state index in [-0.39, 0.29) is 21.8 Å². The normalized spacial score (nSPS) is 18.6. The number of ether oxygens (including phenoxy) is 1. The van der Waals surface area contributed by atoms with Crippen LogP contribution < -0.4 is 5.56 Å². The molecular formula is C21H24N2O4S. The molecule has 148 valence electrons. The molecule has 0 saturated heterocycles. The molecule has 0 amide bonds. The first kappa shape index (κ1) is 20.1. The molecule has 0 radical (unpaired) electrons. The molecule has 0 bridgehead atoms. The summed E-state index contributed by atoms with van der Waals surface area (Å²) in [5.74, 6) is 1.18. The highest BCUT2D eigenvalue weighted by molar-refractivity contribution is 7.71. The lowest BCUT2D eigenvalue weighted by Crippen LogP contribution is -2.28. The van der Waals surface area contributed by atoms with Crippen molar-refractivity contribution in [3.05, 3.63) is 62.6 Å². The predicted octanol–water partition coefficient (Wildman–Crippen LogP) is 3.86. The van der Waals surface area contributed by atoms with Crippen LogP contribution in [0.2, 0.25) is 0 Å². The van der Waals surface area contributed by atoms with E-state index in [0.29, 0.717) is 42.4 Å². The Kier molecular flexibility index (Phi) is 6.14. The summed E-state index contributed by atoms with van der Waals surface area (Å²) in [6.45, 7) is 4.50. The van der Waals surface area contributed by atoms with Gasteiger partial charge in [0.1, 0.15) is 23.4 Å². The average molecular weight is 401 g/mol. The molecule has 1 N–H and O–H groups in total. The Morgan fingerprint density at radius 2 is 1.96 bits per heavy atom. The maximum atomic E-state index is 13.0. The highest BCUT2D eigenvalue weighted by Gasteiger charge is 2.22. The van der Waals surface area contributed by atoms with Crippen LogP contribution in [0.1, 0.15) is 38.7 Å². The van der Waals surface area contributed by atoms with Crippen molar-refractivity contribution in [1.82, 2.24) is 9.13 Å². The second kappa shape index (κ2) is 8.56. The van der Waals surface area contributed by atoms with Crippen LogP contribution in [0.15, 0.2) is 46.7 Å². The molecule has 1 aliphatic heterocycles. The number of rotatable bonds is 6. The number of aromatic nitrogens is 2. The average Bonchev–Trinajstić information content (AvgIpc) is 2.61. The minimum atomic E-state index is -0.369. The lowest BCUT2D eigenvalue weighted by molar-refractivity contribution is -0.104. The standard InChI is InChI=1S/C21H24N2O4S/c1-3-22-19(25)18(20(26)23(4-2)21(22)28)15-12-16(9-8-14-6-5-7-14)27-17(13-15)10-11-24/h8-14,25H,3-7H2,1-2H3/b9-8+,17-10?. The van der Waals surface area contributed by atoms with E-state index in [1.165, 1.54) is 21.6 Å². The van der Waals surface area contributed by atoms with Crippen molar-refractivity contribution < 1.29 is 14.6 Å². The van der Waals surface area contributed by atoms with Gasteiger partial charge in [-0.1, -0.05) is 12.5 Å². The zero-order valence-electron chi connectivity index (χ0n) is 16.1. The topological polar surface area (TPSA) is 73.5 Å². The predicted molar refractivity (Wildman–Crippen MR) is 110 cm³/mol. The van der Waals surface area contributed by atoms with E-state index >= 15 is 0 Å². The smallest absolute Gasteiger partial charge is 0.266 e. The summed E-state index contributed by atoms with van der Waals surface area (Å²) in [7, 11) is 0. The van der Waals surface area contributed by atoms with E-state index in [1.807, 2.05) is 19.9 Å². The van der Waals surface area contributed by atoms with E-state index in [4.69, 9.17) is 17.0 Å². The highest BCUT2D eigenvalue weighted by atomic mass is 32.1. The molecule has 1 fully saturated rings. The minimum Gasteiger partial charge on any atom is -0.494 e. The minimum absolute atomic E-state index is 0.145. The molecule has 0 atom stereocenters. The van der Waals surface area contributed by atoms with Gasteiger partial charge in [-0.3, -0.25) is 18.7 Å². The maximum Gasteiger partial charge on any atom is 0.266 e. The first-order chi connectivity index (χ1) is 13.5. The Morgan fingerprint density at radius 3 is 2.54 bits per heavy atom. The monoisotopic (exact) mass is 400 g/mol. The summed E-state index contributed by atoms with van der Waals surface area (Å²) in [5, 5.41) is 10.8. The van der Waals surface area contributed by atoms with Crippen LogP contribution in [0.25, 0.3) is 5.57 Å². The van der Waals surface area contributed by atoms with Gasteiger partial charge in [0.25, 0.3) is 5.56 Å². The van der Waals surface area contributed by atoms with Crippen LogP contribution in [-0.2, 0) is 22.6 Å². The highest BCUT2D eigenvalue weighted by Crippen LogP contribution is 2.32. The number of allylic oxidation sites excluding steroid dienone is 6. The van der Waals surface area contributed by atoms with Gasteiger partial charge < -0.3 is 9.84 Å². The van der Waals surface area contributed by atoms with Gasteiger partial charge in [-0.25, -0.2) is 0 Å². The quantitative estimate of drug-likeness (QED) is 0.446. The van der Waals surface area contributed by atoms with Crippen LogP contribution in [0.3, 0.4) is 0 Å². The number of hydrogen-bond acceptors (Lipinski definition) is 5. The van der Waals surface area contributed by atoms with Gasteiger partial charge >= 0.3 is 0 Å². The van der Waals surface area contributed by atoms with E-state index in [9.17, 15) is 14.7 Å². The zero-order chi connectivity index (χ0) is 20.3. The molecule has 6 nitrogen and oxygen atoms in total. The lowest BCUT2D eigenvalue weighted by atomic mass is 9.85. The van der Waals surface area contributed by atoms with Crippen molar-refractivity contribution in [2.24, 2.45) is 5.92 Å². The van der Waals surface area contributed by atoms with Crippen LogP contribution in [0.5, 0.6) is 5.88 Å². The van der Waals surface area contributed by atoms with Crippen molar-refractivity contribution in [3.8, 4) is 5.88 Å². The van der Waals surface area contributed by atoms with Gasteiger partial charge in [-0.15, -0.1) is 0 Å². The molecule has 1 saturated carbocycles. The molecule has 3 rings (SSSR count). The molecule has 1 aromatic heterocycles. The Hall–Kier alpha value is -2.67. The number of nitrogens with zero attached hydrogens (tertiary/aromatic N) is 2. The Balaban J connectivity index is 2.16. The van der Waals surface area contributed by atoms with Crippen LogP contribution in [0, 0.1) is 10.7 Å². The second-order valence-electron chi connectivity index (χ2n) is 6.78. The van der Waals surface area contributed by atoms with Crippen LogP contribution in [-0.4, -0.2) is 20.5 Å². The molecular weight excluding hydrogens is 376 g/mol. The molecule has 0 unspecified atom stereocenters. The first-order valence-corrected chi connectivity index (χ1v) is 9.92. The number of carbonyl (C=O) groups is 1. The van der Waals surface area contributed by atoms with Gasteiger partial charge in [0.15, 0.2) is 4.77 Å². The van der Waals surface area contributed by atoms with Gasteiger partial charge in [0.05, 0.1) is 0 Å². The van der Waals surface area contributed by atoms with Crippen molar-refractivity contribution in [3.63, 3.8) is 0 Å². The molecule has 2 aliphatic rings. The summed E-state index contributed by atoms with van der Waals surface area (Å²) in [4.78, 5) is 24.0.